The van der Waals surface area contributed by atoms with E-state index in [0.717, 1.165) is 16.9 Å². The van der Waals surface area contributed by atoms with Crippen LogP contribution in [0.15, 0.2) is 89.9 Å². The number of aromatic nitrogens is 2. The summed E-state index contributed by atoms with van der Waals surface area (Å²) in [5, 5.41) is 22.3. The van der Waals surface area contributed by atoms with Gasteiger partial charge in [-0.05, 0) is 67.3 Å². The van der Waals surface area contributed by atoms with Gasteiger partial charge in [-0.1, -0.05) is 54.6 Å². The Morgan fingerprint density at radius 3 is 2.45 bits per heavy atom. The van der Waals surface area contributed by atoms with Crippen molar-refractivity contribution in [3.05, 3.63) is 112 Å². The maximum absolute atomic E-state index is 13.5. The standard InChI is InChI=1S/C33H35N7O4/c1-22(2)38-31-32(42)39(20-30(41)36-18-24-11-13-28(14-12-24)40(21-34)33(43)44)29(19-37-31)26-15-25(16-27(35)17-26)10-6-9-23-7-4-3-5-8-23/h3-8,10-17,19,21-22,34H,9,18,20,35H2,1-2H3,(H,36,41)(H,37,38)(H,43,44)/b10-6+,34-21?. The van der Waals surface area contributed by atoms with Crippen LogP contribution in [0.5, 0.6) is 0 Å². The number of hydrogen-bond donors (Lipinski definition) is 5. The fourth-order valence-corrected chi connectivity index (χ4v) is 4.53. The first-order valence-electron chi connectivity index (χ1n) is 14.0. The Labute approximate surface area is 255 Å². The van der Waals surface area contributed by atoms with Gasteiger partial charge in [-0.3, -0.25) is 19.6 Å². The van der Waals surface area contributed by atoms with Crippen LogP contribution in [-0.2, 0) is 24.3 Å². The summed E-state index contributed by atoms with van der Waals surface area (Å²) < 4.78 is 1.37. The van der Waals surface area contributed by atoms with Crippen LogP contribution in [0.3, 0.4) is 0 Å². The van der Waals surface area contributed by atoms with Crippen LogP contribution >= 0.6 is 0 Å². The molecule has 0 unspecified atom stereocenters. The van der Waals surface area contributed by atoms with Crippen molar-refractivity contribution in [1.82, 2.24) is 14.9 Å². The molecule has 0 spiro atoms. The van der Waals surface area contributed by atoms with Gasteiger partial charge in [0.2, 0.25) is 5.91 Å². The Morgan fingerprint density at radius 2 is 1.80 bits per heavy atom. The molecule has 1 heterocycles. The molecular formula is C33H35N7O4. The number of anilines is 3. The van der Waals surface area contributed by atoms with Gasteiger partial charge in [0.1, 0.15) is 6.54 Å². The number of allylic oxidation sites excluding steroid dienone is 1. The number of carboxylic acid groups (broad SMARTS) is 1. The lowest BCUT2D eigenvalue weighted by atomic mass is 10.0. The van der Waals surface area contributed by atoms with Crippen molar-refractivity contribution in [2.24, 2.45) is 0 Å². The molecule has 226 valence electrons. The first-order chi connectivity index (χ1) is 21.1. The van der Waals surface area contributed by atoms with Crippen molar-refractivity contribution in [3.8, 4) is 11.3 Å². The van der Waals surface area contributed by atoms with Crippen molar-refractivity contribution in [1.29, 1.82) is 5.41 Å². The van der Waals surface area contributed by atoms with E-state index in [4.69, 9.17) is 11.1 Å². The molecule has 0 aliphatic rings. The molecule has 0 aliphatic heterocycles. The molecule has 0 atom stereocenters. The minimum absolute atomic E-state index is 0.0512. The van der Waals surface area contributed by atoms with E-state index in [2.05, 4.69) is 27.8 Å². The number of nitrogens with zero attached hydrogens (tertiary/aromatic N) is 3. The lowest BCUT2D eigenvalue weighted by molar-refractivity contribution is -0.121. The summed E-state index contributed by atoms with van der Waals surface area (Å²) >= 11 is 0. The molecular weight excluding hydrogens is 558 g/mol. The van der Waals surface area contributed by atoms with Gasteiger partial charge in [0.15, 0.2) is 5.82 Å². The number of nitrogens with one attached hydrogen (secondary N) is 3. The van der Waals surface area contributed by atoms with Crippen LogP contribution in [0, 0.1) is 5.41 Å². The van der Waals surface area contributed by atoms with E-state index >= 15 is 0 Å². The van der Waals surface area contributed by atoms with E-state index in [-0.39, 0.29) is 24.9 Å². The number of hydrogen-bond acceptors (Lipinski definition) is 7. The Bertz CT molecular complexity index is 1710. The predicted octanol–water partition coefficient (Wildman–Crippen LogP) is 4.98. The smallest absolute Gasteiger partial charge is 0.417 e. The Morgan fingerprint density at radius 1 is 1.07 bits per heavy atom. The van der Waals surface area contributed by atoms with Crippen molar-refractivity contribution in [3.63, 3.8) is 0 Å². The minimum atomic E-state index is -1.28. The summed E-state index contributed by atoms with van der Waals surface area (Å²) in [5.74, 6) is -0.272. The zero-order valence-corrected chi connectivity index (χ0v) is 24.5. The van der Waals surface area contributed by atoms with Crippen molar-refractivity contribution < 1.29 is 14.7 Å². The molecule has 0 aliphatic carbocycles. The van der Waals surface area contributed by atoms with E-state index in [0.29, 0.717) is 34.5 Å². The molecule has 0 saturated heterocycles. The van der Waals surface area contributed by atoms with Crippen LogP contribution in [0.25, 0.3) is 17.3 Å². The third kappa shape index (κ3) is 8.19. The summed E-state index contributed by atoms with van der Waals surface area (Å²) in [6.45, 7) is 3.66. The second-order valence-corrected chi connectivity index (χ2v) is 10.4. The second-order valence-electron chi connectivity index (χ2n) is 10.4. The van der Waals surface area contributed by atoms with Gasteiger partial charge < -0.3 is 21.5 Å². The van der Waals surface area contributed by atoms with Crippen molar-refractivity contribution in [2.45, 2.75) is 39.4 Å². The lowest BCUT2D eigenvalue weighted by Crippen LogP contribution is -2.35. The molecule has 0 saturated carbocycles. The largest absolute Gasteiger partial charge is 0.464 e. The summed E-state index contributed by atoms with van der Waals surface area (Å²) in [7, 11) is 0. The lowest BCUT2D eigenvalue weighted by Gasteiger charge is -2.17. The molecule has 0 radical (unpaired) electrons. The van der Waals surface area contributed by atoms with E-state index in [9.17, 15) is 19.5 Å². The number of carbonyl (C=O) groups is 2. The molecule has 1 aromatic heterocycles. The first kappa shape index (κ1) is 31.2. The number of rotatable bonds is 12. The fraction of sp³-hybridized carbons (Fsp3) is 0.182. The van der Waals surface area contributed by atoms with E-state index in [1.165, 1.54) is 10.1 Å². The average Bonchev–Trinajstić information content (AvgIpc) is 2.99. The molecule has 44 heavy (non-hydrogen) atoms. The summed E-state index contributed by atoms with van der Waals surface area (Å²) in [4.78, 5) is 43.0. The highest BCUT2D eigenvalue weighted by Gasteiger charge is 2.17. The molecule has 4 aromatic rings. The molecule has 11 nitrogen and oxygen atoms in total. The van der Waals surface area contributed by atoms with E-state index in [1.807, 2.05) is 56.3 Å². The van der Waals surface area contributed by atoms with E-state index in [1.54, 1.807) is 36.5 Å². The summed E-state index contributed by atoms with van der Waals surface area (Å²) in [6, 6.07) is 21.9. The molecule has 11 heteroatoms. The number of nitrogens with two attached hydrogens (primary N) is 1. The van der Waals surface area contributed by atoms with Crippen LogP contribution < -0.4 is 26.8 Å². The van der Waals surface area contributed by atoms with Gasteiger partial charge in [-0.25, -0.2) is 14.7 Å². The second kappa shape index (κ2) is 14.5. The molecule has 4 rings (SSSR count). The Hall–Kier alpha value is -5.71. The SMILES string of the molecule is CC(C)Nc1ncc(-c2cc(N)cc(/C=C/Cc3ccccc3)c2)n(CC(=O)NCc2ccc(N(C=N)C(=O)O)cc2)c1=O. The quantitative estimate of drug-likeness (QED) is 0.0878. The number of nitrogen functional groups attached to an aromatic ring is 1. The highest BCUT2D eigenvalue weighted by molar-refractivity contribution is 6.03. The van der Waals surface area contributed by atoms with Gasteiger partial charge in [-0.15, -0.1) is 0 Å². The molecule has 0 fully saturated rings. The van der Waals surface area contributed by atoms with Gasteiger partial charge in [0.25, 0.3) is 5.56 Å². The number of benzene rings is 3. The Kier molecular flexibility index (Phi) is 10.3. The van der Waals surface area contributed by atoms with E-state index < -0.39 is 17.6 Å². The summed E-state index contributed by atoms with van der Waals surface area (Å²) in [5.41, 5.74) is 10.4. The highest BCUT2D eigenvalue weighted by atomic mass is 16.4. The third-order valence-corrected chi connectivity index (χ3v) is 6.60. The molecule has 2 amide bonds. The number of carbonyl (C=O) groups excluding carboxylic acids is 1. The van der Waals surface area contributed by atoms with Crippen molar-refractivity contribution in [2.75, 3.05) is 16.0 Å². The van der Waals surface area contributed by atoms with Gasteiger partial charge in [0.05, 0.1) is 23.9 Å². The fourth-order valence-electron chi connectivity index (χ4n) is 4.53. The zero-order chi connectivity index (χ0) is 31.6. The topological polar surface area (TPSA) is 166 Å². The maximum atomic E-state index is 13.5. The van der Waals surface area contributed by atoms with Gasteiger partial charge >= 0.3 is 6.09 Å². The Balaban J connectivity index is 1.57. The van der Waals surface area contributed by atoms with Crippen molar-refractivity contribution >= 4 is 41.6 Å². The van der Waals surface area contributed by atoms with Crippen LogP contribution in [-0.4, -0.2) is 39.0 Å². The molecule has 3 aromatic carbocycles. The minimum Gasteiger partial charge on any atom is -0.464 e. The number of amides is 2. The molecule has 6 N–H and O–H groups in total. The maximum Gasteiger partial charge on any atom is 0.417 e. The average molecular weight is 594 g/mol. The summed E-state index contributed by atoms with van der Waals surface area (Å²) in [6.07, 6.45) is 5.74. The predicted molar refractivity (Wildman–Crippen MR) is 174 cm³/mol. The first-order valence-corrected chi connectivity index (χ1v) is 14.0. The zero-order valence-electron chi connectivity index (χ0n) is 24.5. The molecule has 0 bridgehead atoms. The van der Waals surface area contributed by atoms with Gasteiger partial charge in [0, 0.05) is 23.8 Å². The van der Waals surface area contributed by atoms with Crippen LogP contribution in [0.2, 0.25) is 0 Å². The monoisotopic (exact) mass is 593 g/mol. The van der Waals surface area contributed by atoms with Crippen LogP contribution in [0.1, 0.15) is 30.5 Å². The normalized spacial score (nSPS) is 11.0. The third-order valence-electron chi connectivity index (χ3n) is 6.60. The highest BCUT2D eigenvalue weighted by Crippen LogP contribution is 2.24. The van der Waals surface area contributed by atoms with Gasteiger partial charge in [-0.2, -0.15) is 0 Å². The van der Waals surface area contributed by atoms with Crippen LogP contribution in [0.4, 0.5) is 22.0 Å².